The lowest BCUT2D eigenvalue weighted by Crippen LogP contribution is -2.59. The van der Waals surface area contributed by atoms with Gasteiger partial charge in [-0.25, -0.2) is 13.6 Å². The summed E-state index contributed by atoms with van der Waals surface area (Å²) in [4.78, 5) is 27.7. The fourth-order valence-corrected chi connectivity index (χ4v) is 3.34. The van der Waals surface area contributed by atoms with Crippen LogP contribution in [0.25, 0.3) is 0 Å². The number of alkyl halides is 9. The molecule has 1 atom stereocenters. The minimum absolute atomic E-state index is 0.00754. The number of carbonyl (C=O) groups is 2. The number of urea groups is 1. The molecule has 3 amide bonds. The summed E-state index contributed by atoms with van der Waals surface area (Å²) in [6.07, 6.45) is -12.4. The fraction of sp³-hybridized carbons (Fsp3) is 0.208. The van der Waals surface area contributed by atoms with Gasteiger partial charge >= 0.3 is 30.0 Å². The van der Waals surface area contributed by atoms with Crippen molar-refractivity contribution in [3.63, 3.8) is 0 Å². The van der Waals surface area contributed by atoms with Crippen molar-refractivity contribution in [3.05, 3.63) is 77.9 Å². The van der Waals surface area contributed by atoms with Crippen LogP contribution < -0.4 is 20.7 Å². The monoisotopic (exact) mass is 598 g/mol. The summed E-state index contributed by atoms with van der Waals surface area (Å²) in [5.74, 6) is -8.53. The van der Waals surface area contributed by atoms with Gasteiger partial charge in [-0.3, -0.25) is 9.78 Å². The molecule has 0 aliphatic heterocycles. The van der Waals surface area contributed by atoms with Crippen LogP contribution in [0.1, 0.15) is 16.1 Å². The van der Waals surface area contributed by atoms with E-state index in [1.165, 1.54) is 31.4 Å². The molecule has 0 fully saturated rings. The molecule has 3 N–H and O–H groups in total. The van der Waals surface area contributed by atoms with Crippen molar-refractivity contribution in [1.82, 2.24) is 10.3 Å². The van der Waals surface area contributed by atoms with Crippen LogP contribution in [-0.4, -0.2) is 42.2 Å². The van der Waals surface area contributed by atoms with E-state index in [0.29, 0.717) is 6.07 Å². The summed E-state index contributed by atoms with van der Waals surface area (Å²) in [6.45, 7) is 0. The minimum atomic E-state index is -6.92. The maximum absolute atomic E-state index is 14.7. The minimum Gasteiger partial charge on any atom is -0.457 e. The van der Waals surface area contributed by atoms with Gasteiger partial charge in [0.15, 0.2) is 0 Å². The first-order chi connectivity index (χ1) is 18.9. The van der Waals surface area contributed by atoms with E-state index in [1.54, 1.807) is 5.32 Å². The van der Waals surface area contributed by atoms with Gasteiger partial charge < -0.3 is 20.7 Å². The molecule has 1 heterocycles. The zero-order valence-electron chi connectivity index (χ0n) is 20.2. The molecule has 17 heteroatoms. The van der Waals surface area contributed by atoms with Gasteiger partial charge in [0, 0.05) is 36.6 Å². The van der Waals surface area contributed by atoms with Crippen molar-refractivity contribution in [3.8, 4) is 11.5 Å². The summed E-state index contributed by atoms with van der Waals surface area (Å²) in [6, 6.07) is 5.42. The molecule has 0 aliphatic carbocycles. The zero-order chi connectivity index (χ0) is 30.8. The van der Waals surface area contributed by atoms with E-state index >= 15 is 0 Å². The largest absolute Gasteiger partial charge is 0.457 e. The number of benzene rings is 2. The predicted octanol–water partition coefficient (Wildman–Crippen LogP) is 6.94. The molecule has 1 unspecified atom stereocenters. The summed E-state index contributed by atoms with van der Waals surface area (Å²) >= 11 is 0. The second-order valence-corrected chi connectivity index (χ2v) is 8.09. The average Bonchev–Trinajstić information content (AvgIpc) is 2.88. The molecular formula is C24H16F10N4O3. The van der Waals surface area contributed by atoms with Gasteiger partial charge in [0.1, 0.15) is 23.0 Å². The summed E-state index contributed by atoms with van der Waals surface area (Å²) in [5.41, 5.74) is -9.70. The van der Waals surface area contributed by atoms with Crippen LogP contribution in [-0.2, 0) is 5.67 Å². The third-order valence-electron chi connectivity index (χ3n) is 5.31. The van der Waals surface area contributed by atoms with Gasteiger partial charge in [-0.2, -0.15) is 35.1 Å². The molecule has 0 saturated carbocycles. The van der Waals surface area contributed by atoms with Crippen molar-refractivity contribution in [2.45, 2.75) is 23.9 Å². The predicted molar refractivity (Wildman–Crippen MR) is 123 cm³/mol. The molecular weight excluding hydrogens is 582 g/mol. The summed E-state index contributed by atoms with van der Waals surface area (Å²) < 4.78 is 140. The zero-order valence-corrected chi connectivity index (χ0v) is 20.2. The highest BCUT2D eigenvalue weighted by Crippen LogP contribution is 2.58. The van der Waals surface area contributed by atoms with Crippen LogP contribution in [0.3, 0.4) is 0 Å². The number of amides is 3. The molecule has 0 saturated heterocycles. The quantitative estimate of drug-likeness (QED) is 0.257. The lowest BCUT2D eigenvalue weighted by Gasteiger charge is -2.36. The molecule has 0 bridgehead atoms. The Balaban J connectivity index is 1.78. The maximum atomic E-state index is 14.7. The van der Waals surface area contributed by atoms with E-state index in [0.717, 1.165) is 18.2 Å². The molecule has 1 aromatic heterocycles. The number of aromatic nitrogens is 1. The topological polar surface area (TPSA) is 92.4 Å². The van der Waals surface area contributed by atoms with E-state index in [9.17, 15) is 53.5 Å². The number of carbonyl (C=O) groups excluding carboxylic acids is 2. The molecule has 3 aromatic rings. The molecule has 2 aromatic carbocycles. The van der Waals surface area contributed by atoms with Crippen molar-refractivity contribution in [1.29, 1.82) is 0 Å². The number of hydrogen-bond donors (Lipinski definition) is 3. The average molecular weight is 598 g/mol. The standard InChI is InChI=1S/C24H16F10N4O3/c1-35-19(39)18-11-15(7-8-36-18)41-14-5-6-17(16(25)10-14)38-20(40)37-13-4-2-3-12(9-13)21(26,23(29,30)31)22(27,28)24(32,33)34/h2-11H,1H3,(H,35,39)(H2,37,38,40). The Hall–Kier alpha value is -4.57. The van der Waals surface area contributed by atoms with E-state index in [-0.39, 0.29) is 29.3 Å². The molecule has 0 spiro atoms. The summed E-state index contributed by atoms with van der Waals surface area (Å²) in [7, 11) is 1.37. The Morgan fingerprint density at radius 3 is 2.05 bits per heavy atom. The number of hydrogen-bond acceptors (Lipinski definition) is 4. The van der Waals surface area contributed by atoms with Crippen LogP contribution in [0.2, 0.25) is 0 Å². The number of pyridine rings is 1. The molecule has 7 nitrogen and oxygen atoms in total. The van der Waals surface area contributed by atoms with E-state index in [4.69, 9.17) is 4.74 Å². The van der Waals surface area contributed by atoms with Gasteiger partial charge in [-0.1, -0.05) is 12.1 Å². The first kappa shape index (κ1) is 31.0. The Bertz CT molecular complexity index is 1450. The third kappa shape index (κ3) is 6.28. The Morgan fingerprint density at radius 1 is 0.805 bits per heavy atom. The lowest BCUT2D eigenvalue weighted by atomic mass is 9.87. The lowest BCUT2D eigenvalue weighted by molar-refractivity contribution is -0.389. The van der Waals surface area contributed by atoms with Crippen LogP contribution in [0.15, 0.2) is 60.8 Å². The van der Waals surface area contributed by atoms with Crippen LogP contribution in [0.4, 0.5) is 60.1 Å². The third-order valence-corrected chi connectivity index (χ3v) is 5.31. The fourth-order valence-electron chi connectivity index (χ4n) is 3.34. The normalized spacial score (nSPS) is 13.6. The number of rotatable bonds is 7. The molecule has 0 aliphatic rings. The second kappa shape index (κ2) is 11.1. The maximum Gasteiger partial charge on any atom is 0.457 e. The van der Waals surface area contributed by atoms with Crippen molar-refractivity contribution in [2.75, 3.05) is 17.7 Å². The molecule has 41 heavy (non-hydrogen) atoms. The van der Waals surface area contributed by atoms with Crippen LogP contribution >= 0.6 is 0 Å². The van der Waals surface area contributed by atoms with E-state index in [2.05, 4.69) is 10.3 Å². The van der Waals surface area contributed by atoms with E-state index in [1.807, 2.05) is 5.32 Å². The van der Waals surface area contributed by atoms with Gasteiger partial charge in [0.25, 0.3) is 5.91 Å². The number of ether oxygens (including phenoxy) is 1. The van der Waals surface area contributed by atoms with Gasteiger partial charge in [-0.05, 0) is 30.3 Å². The highest BCUT2D eigenvalue weighted by atomic mass is 19.4. The Kier molecular flexibility index (Phi) is 8.41. The smallest absolute Gasteiger partial charge is 0.457 e. The highest BCUT2D eigenvalue weighted by molar-refractivity contribution is 6.00. The SMILES string of the molecule is CNC(=O)c1cc(Oc2ccc(NC(=O)Nc3cccc(C(F)(C(F)(F)F)C(F)(F)C(F)(F)F)c3)c(F)c2)ccn1. The van der Waals surface area contributed by atoms with Gasteiger partial charge in [-0.15, -0.1) is 0 Å². The van der Waals surface area contributed by atoms with Crippen molar-refractivity contribution in [2.24, 2.45) is 0 Å². The second-order valence-electron chi connectivity index (χ2n) is 8.09. The van der Waals surface area contributed by atoms with E-state index < -0.39 is 58.6 Å². The van der Waals surface area contributed by atoms with Crippen LogP contribution in [0, 0.1) is 5.82 Å². The van der Waals surface area contributed by atoms with Crippen molar-refractivity contribution < 1.29 is 58.2 Å². The number of nitrogens with one attached hydrogen (secondary N) is 3. The Morgan fingerprint density at radius 2 is 1.46 bits per heavy atom. The molecule has 3 rings (SSSR count). The van der Waals surface area contributed by atoms with Crippen molar-refractivity contribution >= 4 is 23.3 Å². The van der Waals surface area contributed by atoms with Gasteiger partial charge in [0.2, 0.25) is 0 Å². The van der Waals surface area contributed by atoms with Gasteiger partial charge in [0.05, 0.1) is 5.69 Å². The molecule has 0 radical (unpaired) electrons. The summed E-state index contributed by atoms with van der Waals surface area (Å²) in [5, 5.41) is 6.08. The number of halogens is 10. The van der Waals surface area contributed by atoms with Crippen LogP contribution in [0.5, 0.6) is 11.5 Å². The first-order valence-electron chi connectivity index (χ1n) is 10.9. The highest BCUT2D eigenvalue weighted by Gasteiger charge is 2.81. The Labute approximate surface area is 223 Å². The first-order valence-corrected chi connectivity index (χ1v) is 10.9. The number of nitrogens with zero attached hydrogens (tertiary/aromatic N) is 1. The number of anilines is 2. The molecule has 220 valence electrons.